The number of hydrogen-bond donors (Lipinski definition) is 1. The van der Waals surface area contributed by atoms with Gasteiger partial charge < -0.3 is 10.1 Å². The third kappa shape index (κ3) is 2.68. The molecule has 2 aliphatic heterocycles. The van der Waals surface area contributed by atoms with Crippen molar-refractivity contribution in [3.63, 3.8) is 0 Å². The summed E-state index contributed by atoms with van der Waals surface area (Å²) < 4.78 is 32.2. The number of nitrogens with zero attached hydrogens (tertiary/aromatic N) is 1. The maximum atomic E-state index is 12.7. The van der Waals surface area contributed by atoms with Crippen molar-refractivity contribution in [2.24, 2.45) is 0 Å². The van der Waals surface area contributed by atoms with Crippen molar-refractivity contribution in [1.29, 1.82) is 0 Å². The number of fused-ring (bicyclic) bond motifs is 1. The average Bonchev–Trinajstić information content (AvgIpc) is 2.47. The van der Waals surface area contributed by atoms with Gasteiger partial charge in [0.2, 0.25) is 15.9 Å². The van der Waals surface area contributed by atoms with Crippen molar-refractivity contribution >= 4 is 21.6 Å². The molecule has 6 nitrogen and oxygen atoms in total. The molecule has 7 heteroatoms. The molecular weight excluding hydrogens is 292 g/mol. The lowest BCUT2D eigenvalue weighted by Crippen LogP contribution is -2.46. The van der Waals surface area contributed by atoms with Crippen LogP contribution in [0, 0.1) is 0 Å². The highest BCUT2D eigenvalue weighted by Gasteiger charge is 2.32. The summed E-state index contributed by atoms with van der Waals surface area (Å²) in [6, 6.07) is 4.73. The van der Waals surface area contributed by atoms with Crippen LogP contribution in [0.4, 0.5) is 5.69 Å². The van der Waals surface area contributed by atoms with Gasteiger partial charge in [-0.1, -0.05) is 0 Å². The van der Waals surface area contributed by atoms with Gasteiger partial charge in [0.25, 0.3) is 0 Å². The van der Waals surface area contributed by atoms with Crippen molar-refractivity contribution in [3.8, 4) is 0 Å². The number of benzene rings is 1. The molecule has 0 radical (unpaired) electrons. The van der Waals surface area contributed by atoms with E-state index in [1.54, 1.807) is 18.2 Å². The van der Waals surface area contributed by atoms with Gasteiger partial charge >= 0.3 is 0 Å². The van der Waals surface area contributed by atoms with Gasteiger partial charge in [-0.05, 0) is 37.1 Å². The molecule has 1 aromatic rings. The Bertz CT molecular complexity index is 672. The number of anilines is 1. The fraction of sp³-hybridized carbons (Fsp3) is 0.500. The first-order chi connectivity index (χ1) is 9.98. The van der Waals surface area contributed by atoms with Gasteiger partial charge in [0.05, 0.1) is 18.1 Å². The van der Waals surface area contributed by atoms with E-state index in [4.69, 9.17) is 4.74 Å². The van der Waals surface area contributed by atoms with Crippen LogP contribution in [0.3, 0.4) is 0 Å². The largest absolute Gasteiger partial charge is 0.378 e. The Kier molecular flexibility index (Phi) is 3.73. The Morgan fingerprint density at radius 2 is 2.14 bits per heavy atom. The van der Waals surface area contributed by atoms with Crippen LogP contribution in [0.2, 0.25) is 0 Å². The molecule has 1 amide bonds. The van der Waals surface area contributed by atoms with Gasteiger partial charge in [-0.15, -0.1) is 0 Å². The summed E-state index contributed by atoms with van der Waals surface area (Å²) in [5.74, 6) is -0.0279. The zero-order valence-electron chi connectivity index (χ0n) is 11.8. The summed E-state index contributed by atoms with van der Waals surface area (Å²) in [6.07, 6.45) is 0.966. The summed E-state index contributed by atoms with van der Waals surface area (Å²) in [7, 11) is -3.52. The summed E-state index contributed by atoms with van der Waals surface area (Å²) in [5.41, 5.74) is 1.58. The van der Waals surface area contributed by atoms with Crippen LogP contribution in [0.1, 0.15) is 18.9 Å². The Hall–Kier alpha value is -1.44. The Balaban J connectivity index is 1.94. The number of carbonyl (C=O) groups is 1. The molecule has 0 spiro atoms. The lowest BCUT2D eigenvalue weighted by molar-refractivity contribution is -0.116. The quantitative estimate of drug-likeness (QED) is 0.883. The van der Waals surface area contributed by atoms with Gasteiger partial charge in [0.1, 0.15) is 0 Å². The Labute approximate surface area is 124 Å². The minimum absolute atomic E-state index is 0.0279. The highest BCUT2D eigenvalue weighted by Crippen LogP contribution is 2.28. The van der Waals surface area contributed by atoms with E-state index in [-0.39, 0.29) is 16.8 Å². The van der Waals surface area contributed by atoms with Crippen molar-refractivity contribution in [2.45, 2.75) is 30.7 Å². The van der Waals surface area contributed by atoms with Crippen LogP contribution in [-0.2, 0) is 26.0 Å². The molecule has 0 unspecified atom stereocenters. The third-order valence-corrected chi connectivity index (χ3v) is 5.90. The van der Waals surface area contributed by atoms with Crippen molar-refractivity contribution in [3.05, 3.63) is 23.8 Å². The van der Waals surface area contributed by atoms with Gasteiger partial charge in [0, 0.05) is 24.7 Å². The smallest absolute Gasteiger partial charge is 0.243 e. The molecule has 114 valence electrons. The molecule has 2 aliphatic rings. The minimum atomic E-state index is -3.52. The number of ether oxygens (including phenoxy) is 1. The number of sulfonamides is 1. The predicted molar refractivity (Wildman–Crippen MR) is 77.6 cm³/mol. The fourth-order valence-corrected chi connectivity index (χ4v) is 4.38. The van der Waals surface area contributed by atoms with Crippen molar-refractivity contribution in [2.75, 3.05) is 25.1 Å². The number of nitrogens with one attached hydrogen (secondary N) is 1. The fourth-order valence-electron chi connectivity index (χ4n) is 2.72. The summed E-state index contributed by atoms with van der Waals surface area (Å²) >= 11 is 0. The minimum Gasteiger partial charge on any atom is -0.378 e. The number of morpholine rings is 1. The van der Waals surface area contributed by atoms with Crippen LogP contribution >= 0.6 is 0 Å². The van der Waals surface area contributed by atoms with Crippen LogP contribution in [-0.4, -0.2) is 44.4 Å². The van der Waals surface area contributed by atoms with E-state index in [9.17, 15) is 13.2 Å². The molecule has 1 atom stereocenters. The molecule has 1 aromatic carbocycles. The molecule has 21 heavy (non-hydrogen) atoms. The summed E-state index contributed by atoms with van der Waals surface area (Å²) in [6.45, 7) is 3.05. The third-order valence-electron chi connectivity index (χ3n) is 3.89. The number of carbonyl (C=O) groups excluding carboxylic acids is 1. The van der Waals surface area contributed by atoms with Gasteiger partial charge in [-0.3, -0.25) is 4.79 Å². The molecule has 1 N–H and O–H groups in total. The van der Waals surface area contributed by atoms with E-state index in [0.29, 0.717) is 38.3 Å². The standard InChI is InChI=1S/C14H18N2O4S/c1-10-9-20-7-6-16(10)21(18,19)12-3-4-13-11(8-12)2-5-14(17)15-13/h3-4,8,10H,2,5-7,9H2,1H3,(H,15,17)/t10-/m1/s1. The highest BCUT2D eigenvalue weighted by atomic mass is 32.2. The zero-order chi connectivity index (χ0) is 15.0. The van der Waals surface area contributed by atoms with Crippen molar-refractivity contribution in [1.82, 2.24) is 4.31 Å². The second-order valence-electron chi connectivity index (χ2n) is 5.41. The Morgan fingerprint density at radius 1 is 1.33 bits per heavy atom. The molecule has 0 aliphatic carbocycles. The predicted octanol–water partition coefficient (Wildman–Crippen LogP) is 0.981. The topological polar surface area (TPSA) is 75.7 Å². The number of rotatable bonds is 2. The molecule has 1 saturated heterocycles. The first kappa shape index (κ1) is 14.5. The number of hydrogen-bond acceptors (Lipinski definition) is 4. The van der Waals surface area contributed by atoms with E-state index in [0.717, 1.165) is 5.56 Å². The van der Waals surface area contributed by atoms with E-state index in [1.165, 1.54) is 4.31 Å². The zero-order valence-corrected chi connectivity index (χ0v) is 12.6. The van der Waals surface area contributed by atoms with Crippen LogP contribution in [0.5, 0.6) is 0 Å². The number of amides is 1. The average molecular weight is 310 g/mol. The van der Waals surface area contributed by atoms with Crippen LogP contribution < -0.4 is 5.32 Å². The molecule has 3 rings (SSSR count). The second-order valence-corrected chi connectivity index (χ2v) is 7.30. The van der Waals surface area contributed by atoms with E-state index in [2.05, 4.69) is 5.32 Å². The van der Waals surface area contributed by atoms with Gasteiger partial charge in [-0.25, -0.2) is 8.42 Å². The molecule has 0 bridgehead atoms. The number of aryl methyl sites for hydroxylation is 1. The molecule has 0 aromatic heterocycles. The lowest BCUT2D eigenvalue weighted by atomic mass is 10.0. The summed E-state index contributed by atoms with van der Waals surface area (Å²) in [4.78, 5) is 11.6. The monoisotopic (exact) mass is 310 g/mol. The summed E-state index contributed by atoms with van der Waals surface area (Å²) in [5, 5.41) is 2.76. The first-order valence-corrected chi connectivity index (χ1v) is 8.45. The molecular formula is C14H18N2O4S. The van der Waals surface area contributed by atoms with Crippen LogP contribution in [0.25, 0.3) is 0 Å². The van der Waals surface area contributed by atoms with Crippen molar-refractivity contribution < 1.29 is 17.9 Å². The lowest BCUT2D eigenvalue weighted by Gasteiger charge is -2.32. The normalized spacial score (nSPS) is 23.5. The van der Waals surface area contributed by atoms with E-state index in [1.807, 2.05) is 6.92 Å². The maximum absolute atomic E-state index is 12.7. The second kappa shape index (κ2) is 5.40. The maximum Gasteiger partial charge on any atom is 0.243 e. The Morgan fingerprint density at radius 3 is 2.90 bits per heavy atom. The SMILES string of the molecule is C[C@@H]1COCCN1S(=O)(=O)c1ccc2c(c1)CCC(=O)N2. The molecule has 0 saturated carbocycles. The van der Waals surface area contributed by atoms with Crippen LogP contribution in [0.15, 0.2) is 23.1 Å². The van der Waals surface area contributed by atoms with E-state index < -0.39 is 10.0 Å². The van der Waals surface area contributed by atoms with Gasteiger partial charge in [-0.2, -0.15) is 4.31 Å². The first-order valence-electron chi connectivity index (χ1n) is 7.01. The van der Waals surface area contributed by atoms with E-state index >= 15 is 0 Å². The molecule has 1 fully saturated rings. The molecule has 2 heterocycles. The highest BCUT2D eigenvalue weighted by molar-refractivity contribution is 7.89. The van der Waals surface area contributed by atoms with Gasteiger partial charge in [0.15, 0.2) is 0 Å².